The largest absolute Gasteiger partial charge is 0.350 e. The Morgan fingerprint density at radius 1 is 0.886 bits per heavy atom. The molecule has 6 heteroatoms. The summed E-state index contributed by atoms with van der Waals surface area (Å²) < 4.78 is 0. The molecule has 184 valence electrons. The minimum absolute atomic E-state index is 0.108. The molecule has 0 radical (unpaired) electrons. The van der Waals surface area contributed by atoms with Crippen LogP contribution in [0.1, 0.15) is 43.0 Å². The third-order valence-electron chi connectivity index (χ3n) is 5.71. The molecular formula is C29H32Cl2N2O2. The van der Waals surface area contributed by atoms with Crippen molar-refractivity contribution in [2.24, 2.45) is 0 Å². The fraction of sp³-hybridized carbons (Fsp3) is 0.310. The third kappa shape index (κ3) is 7.84. The van der Waals surface area contributed by atoms with Gasteiger partial charge in [0.1, 0.15) is 6.04 Å². The highest BCUT2D eigenvalue weighted by molar-refractivity contribution is 6.42. The summed E-state index contributed by atoms with van der Waals surface area (Å²) in [6.45, 7) is 8.15. The molecule has 0 bridgehead atoms. The zero-order valence-electron chi connectivity index (χ0n) is 20.6. The van der Waals surface area contributed by atoms with Gasteiger partial charge in [-0.05, 0) is 62.1 Å². The molecule has 0 aliphatic carbocycles. The fourth-order valence-corrected chi connectivity index (χ4v) is 4.22. The zero-order valence-corrected chi connectivity index (χ0v) is 22.2. The topological polar surface area (TPSA) is 49.4 Å². The van der Waals surface area contributed by atoms with Crippen LogP contribution in [0.3, 0.4) is 0 Å². The van der Waals surface area contributed by atoms with Crippen LogP contribution in [0.5, 0.6) is 0 Å². The predicted octanol–water partition coefficient (Wildman–Crippen LogP) is 6.40. The van der Waals surface area contributed by atoms with Crippen molar-refractivity contribution in [3.8, 4) is 0 Å². The Bertz CT molecular complexity index is 1170. The number of hydrogen-bond donors (Lipinski definition) is 1. The number of carbonyl (C=O) groups is 2. The Morgan fingerprint density at radius 3 is 2.17 bits per heavy atom. The maximum Gasteiger partial charge on any atom is 0.243 e. The van der Waals surface area contributed by atoms with E-state index in [2.05, 4.69) is 5.32 Å². The second-order valence-corrected chi connectivity index (χ2v) is 10.6. The average Bonchev–Trinajstić information content (AvgIpc) is 2.79. The van der Waals surface area contributed by atoms with E-state index in [-0.39, 0.29) is 18.2 Å². The molecule has 1 atom stereocenters. The van der Waals surface area contributed by atoms with Gasteiger partial charge in [-0.15, -0.1) is 0 Å². The summed E-state index contributed by atoms with van der Waals surface area (Å²) in [4.78, 5) is 29.1. The quantitative estimate of drug-likeness (QED) is 0.381. The van der Waals surface area contributed by atoms with E-state index in [1.807, 2.05) is 82.3 Å². The fourth-order valence-electron chi connectivity index (χ4n) is 3.90. The summed E-state index contributed by atoms with van der Waals surface area (Å²) in [7, 11) is 0. The predicted molar refractivity (Wildman–Crippen MR) is 144 cm³/mol. The number of carbonyl (C=O) groups excluding carboxylic acids is 2. The molecule has 3 aromatic carbocycles. The van der Waals surface area contributed by atoms with E-state index in [0.29, 0.717) is 23.0 Å². The normalized spacial score (nSPS) is 12.2. The van der Waals surface area contributed by atoms with Crippen molar-refractivity contribution < 1.29 is 9.59 Å². The van der Waals surface area contributed by atoms with Gasteiger partial charge in [0.25, 0.3) is 0 Å². The minimum Gasteiger partial charge on any atom is -0.350 e. The van der Waals surface area contributed by atoms with Gasteiger partial charge in [0, 0.05) is 18.5 Å². The molecule has 0 fully saturated rings. The Hall–Kier alpha value is -2.82. The molecule has 35 heavy (non-hydrogen) atoms. The molecule has 0 aliphatic heterocycles. The molecule has 0 saturated carbocycles. The van der Waals surface area contributed by atoms with Crippen LogP contribution in [0.4, 0.5) is 0 Å². The molecule has 3 rings (SSSR count). The maximum absolute atomic E-state index is 13.8. The van der Waals surface area contributed by atoms with Crippen molar-refractivity contribution in [1.82, 2.24) is 10.2 Å². The van der Waals surface area contributed by atoms with Crippen LogP contribution in [0.25, 0.3) is 0 Å². The second-order valence-electron chi connectivity index (χ2n) is 9.82. The lowest BCUT2D eigenvalue weighted by molar-refractivity contribution is -0.141. The summed E-state index contributed by atoms with van der Waals surface area (Å²) in [5.41, 5.74) is 3.35. The number of halogens is 2. The van der Waals surface area contributed by atoms with Crippen LogP contribution >= 0.6 is 23.2 Å². The summed E-state index contributed by atoms with van der Waals surface area (Å²) in [6.07, 6.45) is 0.513. The number of nitrogens with zero attached hydrogens (tertiary/aromatic N) is 1. The van der Waals surface area contributed by atoms with Crippen LogP contribution in [0, 0.1) is 6.92 Å². The van der Waals surface area contributed by atoms with Crippen LogP contribution < -0.4 is 5.32 Å². The summed E-state index contributed by atoms with van der Waals surface area (Å²) in [6, 6.07) is 22.2. The number of nitrogens with one attached hydrogen (secondary N) is 1. The Labute approximate surface area is 218 Å². The van der Waals surface area contributed by atoms with E-state index in [9.17, 15) is 9.59 Å². The summed E-state index contributed by atoms with van der Waals surface area (Å²) >= 11 is 12.3. The molecule has 1 N–H and O–H groups in total. The molecule has 0 saturated heterocycles. The molecular weight excluding hydrogens is 479 g/mol. The lowest BCUT2D eigenvalue weighted by atomic mass is 9.99. The van der Waals surface area contributed by atoms with E-state index in [4.69, 9.17) is 23.2 Å². The number of rotatable bonds is 8. The zero-order chi connectivity index (χ0) is 25.6. The van der Waals surface area contributed by atoms with Gasteiger partial charge in [0.05, 0.1) is 16.5 Å². The van der Waals surface area contributed by atoms with Gasteiger partial charge in [0.15, 0.2) is 0 Å². The Morgan fingerprint density at radius 2 is 1.54 bits per heavy atom. The summed E-state index contributed by atoms with van der Waals surface area (Å²) in [5.74, 6) is -0.339. The van der Waals surface area contributed by atoms with E-state index in [1.54, 1.807) is 23.1 Å². The van der Waals surface area contributed by atoms with Crippen molar-refractivity contribution >= 4 is 35.0 Å². The first-order valence-corrected chi connectivity index (χ1v) is 12.4. The number of amides is 2. The van der Waals surface area contributed by atoms with Crippen LogP contribution in [-0.2, 0) is 29.0 Å². The van der Waals surface area contributed by atoms with Gasteiger partial charge >= 0.3 is 0 Å². The SMILES string of the molecule is Cc1ccccc1CN(C(=O)Cc1ccc(Cl)c(Cl)c1)[C@@H](Cc1ccccc1)C(=O)NC(C)(C)C. The molecule has 0 aromatic heterocycles. The number of hydrogen-bond acceptors (Lipinski definition) is 2. The van der Waals surface area contributed by atoms with E-state index in [0.717, 1.165) is 22.3 Å². The van der Waals surface area contributed by atoms with E-state index in [1.165, 1.54) is 0 Å². The molecule has 0 aliphatic rings. The maximum atomic E-state index is 13.8. The summed E-state index contributed by atoms with van der Waals surface area (Å²) in [5, 5.41) is 3.92. The lowest BCUT2D eigenvalue weighted by Gasteiger charge is -2.34. The van der Waals surface area contributed by atoms with Crippen molar-refractivity contribution in [2.45, 2.75) is 58.7 Å². The molecule has 0 unspecified atom stereocenters. The van der Waals surface area contributed by atoms with Crippen molar-refractivity contribution in [2.75, 3.05) is 0 Å². The van der Waals surface area contributed by atoms with Gasteiger partial charge in [-0.1, -0.05) is 83.9 Å². The van der Waals surface area contributed by atoms with Crippen molar-refractivity contribution in [3.05, 3.63) is 105 Å². The first kappa shape index (κ1) is 26.8. The van der Waals surface area contributed by atoms with Crippen molar-refractivity contribution in [3.63, 3.8) is 0 Å². The highest BCUT2D eigenvalue weighted by Crippen LogP contribution is 2.24. The Balaban J connectivity index is 2.01. The smallest absolute Gasteiger partial charge is 0.243 e. The van der Waals surface area contributed by atoms with Gasteiger partial charge in [-0.2, -0.15) is 0 Å². The molecule has 4 nitrogen and oxygen atoms in total. The van der Waals surface area contributed by atoms with E-state index < -0.39 is 11.6 Å². The van der Waals surface area contributed by atoms with Gasteiger partial charge in [-0.3, -0.25) is 9.59 Å². The first-order valence-electron chi connectivity index (χ1n) is 11.7. The monoisotopic (exact) mass is 510 g/mol. The van der Waals surface area contributed by atoms with Crippen LogP contribution in [0.2, 0.25) is 10.0 Å². The van der Waals surface area contributed by atoms with Gasteiger partial charge < -0.3 is 10.2 Å². The highest BCUT2D eigenvalue weighted by Gasteiger charge is 2.32. The van der Waals surface area contributed by atoms with Gasteiger partial charge in [-0.25, -0.2) is 0 Å². The lowest BCUT2D eigenvalue weighted by Crippen LogP contribution is -2.54. The molecule has 3 aromatic rings. The molecule has 0 heterocycles. The standard InChI is InChI=1S/C29H32Cl2N2O2/c1-20-10-8-9-13-23(20)19-33(27(34)18-22-14-15-24(30)25(31)16-22)26(28(35)32-29(2,3)4)17-21-11-6-5-7-12-21/h5-16,26H,17-19H2,1-4H3,(H,32,35)/t26-/m0/s1. The van der Waals surface area contributed by atoms with Crippen LogP contribution in [0.15, 0.2) is 72.8 Å². The first-order chi connectivity index (χ1) is 16.5. The Kier molecular flexibility index (Phi) is 8.98. The average molecular weight is 511 g/mol. The highest BCUT2D eigenvalue weighted by atomic mass is 35.5. The van der Waals surface area contributed by atoms with Gasteiger partial charge in [0.2, 0.25) is 11.8 Å². The van der Waals surface area contributed by atoms with E-state index >= 15 is 0 Å². The number of benzene rings is 3. The molecule has 0 spiro atoms. The number of aryl methyl sites for hydroxylation is 1. The van der Waals surface area contributed by atoms with Crippen LogP contribution in [-0.4, -0.2) is 28.3 Å². The second kappa shape index (κ2) is 11.7. The minimum atomic E-state index is -0.688. The molecule has 2 amide bonds. The third-order valence-corrected chi connectivity index (χ3v) is 6.45. The van der Waals surface area contributed by atoms with Crippen molar-refractivity contribution in [1.29, 1.82) is 0 Å².